The standard InChI is InChI=1S/C8H8O4/c1-12-7-3-2-5(8(10)11)4-6(7)9/h2-4,9H,1H3,(H,10,11)/p-1. The van der Waals surface area contributed by atoms with E-state index in [9.17, 15) is 9.90 Å². The zero-order valence-corrected chi connectivity index (χ0v) is 6.40. The summed E-state index contributed by atoms with van der Waals surface area (Å²) in [5.41, 5.74) is -0.0270. The van der Waals surface area contributed by atoms with Crippen LogP contribution < -0.4 is 9.84 Å². The average Bonchev–Trinajstić information content (AvgIpc) is 2.04. The number of rotatable bonds is 2. The number of carboxylic acids is 1. The third-order valence-corrected chi connectivity index (χ3v) is 1.41. The van der Waals surface area contributed by atoms with Crippen molar-refractivity contribution in [3.05, 3.63) is 23.8 Å². The van der Waals surface area contributed by atoms with Crippen molar-refractivity contribution in [2.45, 2.75) is 0 Å². The molecule has 0 unspecified atom stereocenters. The lowest BCUT2D eigenvalue weighted by Gasteiger charge is -2.11. The van der Waals surface area contributed by atoms with E-state index in [1.54, 1.807) is 0 Å². The maximum atomic E-state index is 11.0. The molecule has 1 aromatic rings. The van der Waals surface area contributed by atoms with Crippen molar-refractivity contribution in [3.8, 4) is 11.5 Å². The summed E-state index contributed by atoms with van der Waals surface area (Å²) in [5, 5.41) is 19.5. The van der Waals surface area contributed by atoms with Crippen LogP contribution in [0.15, 0.2) is 18.2 Å². The molecule has 0 amide bonds. The fraction of sp³-hybridized carbons (Fsp3) is 0.125. The Morgan fingerprint density at radius 2 is 2.25 bits per heavy atom. The van der Waals surface area contributed by atoms with Crippen LogP contribution >= 0.6 is 0 Å². The lowest BCUT2D eigenvalue weighted by atomic mass is 10.2. The Bertz CT molecular complexity index is 306. The molecule has 0 fully saturated rings. The first-order valence-electron chi connectivity index (χ1n) is 3.23. The molecule has 0 spiro atoms. The van der Waals surface area contributed by atoms with Gasteiger partial charge in [-0.25, -0.2) is 4.79 Å². The second-order valence-corrected chi connectivity index (χ2v) is 2.17. The topological polar surface area (TPSA) is 69.6 Å². The molecular formula is C8H7O4-. The zero-order valence-electron chi connectivity index (χ0n) is 6.40. The van der Waals surface area contributed by atoms with Crippen LogP contribution in [-0.4, -0.2) is 18.2 Å². The Balaban J connectivity index is 3.10. The number of methoxy groups -OCH3 is 1. The molecule has 0 radical (unpaired) electrons. The number of ether oxygens (including phenoxy) is 1. The van der Waals surface area contributed by atoms with Gasteiger partial charge >= 0.3 is 5.97 Å². The second kappa shape index (κ2) is 3.13. The first-order chi connectivity index (χ1) is 5.65. The first kappa shape index (κ1) is 8.39. The van der Waals surface area contributed by atoms with E-state index in [4.69, 9.17) is 5.11 Å². The van der Waals surface area contributed by atoms with Crippen molar-refractivity contribution in [1.29, 1.82) is 0 Å². The highest BCUT2D eigenvalue weighted by Gasteiger charge is 2.02. The summed E-state index contributed by atoms with van der Waals surface area (Å²) in [5.74, 6) is -1.38. The summed E-state index contributed by atoms with van der Waals surface area (Å²) in [6.45, 7) is 0. The molecule has 0 aromatic heterocycles. The highest BCUT2D eigenvalue weighted by molar-refractivity contribution is 5.88. The molecule has 64 valence electrons. The third kappa shape index (κ3) is 1.47. The van der Waals surface area contributed by atoms with Crippen molar-refractivity contribution in [2.24, 2.45) is 0 Å². The molecule has 0 aliphatic heterocycles. The molecule has 1 aromatic carbocycles. The minimum absolute atomic E-state index is 0.0270. The van der Waals surface area contributed by atoms with Crippen LogP contribution in [0.3, 0.4) is 0 Å². The number of carbonyl (C=O) groups is 1. The molecule has 0 heterocycles. The van der Waals surface area contributed by atoms with Gasteiger partial charge in [-0.3, -0.25) is 0 Å². The smallest absolute Gasteiger partial charge is 0.335 e. The number of hydrogen-bond donors (Lipinski definition) is 1. The fourth-order valence-corrected chi connectivity index (χ4v) is 0.810. The molecule has 0 bridgehead atoms. The molecule has 0 aliphatic carbocycles. The summed E-state index contributed by atoms with van der Waals surface area (Å²) < 4.78 is 4.67. The lowest BCUT2D eigenvalue weighted by Crippen LogP contribution is -2.00. The van der Waals surface area contributed by atoms with E-state index >= 15 is 0 Å². The minimum Gasteiger partial charge on any atom is -0.870 e. The minimum atomic E-state index is -1.12. The Hall–Kier alpha value is -1.71. The first-order valence-corrected chi connectivity index (χ1v) is 3.23. The third-order valence-electron chi connectivity index (χ3n) is 1.41. The van der Waals surface area contributed by atoms with Crippen LogP contribution in [0, 0.1) is 0 Å². The Morgan fingerprint density at radius 1 is 1.58 bits per heavy atom. The van der Waals surface area contributed by atoms with Crippen LogP contribution in [0.4, 0.5) is 0 Å². The van der Waals surface area contributed by atoms with Crippen LogP contribution in [0.25, 0.3) is 0 Å². The monoisotopic (exact) mass is 167 g/mol. The number of carboxylic acid groups (broad SMARTS) is 1. The van der Waals surface area contributed by atoms with Crippen molar-refractivity contribution in [1.82, 2.24) is 0 Å². The maximum absolute atomic E-state index is 11.0. The van der Waals surface area contributed by atoms with Crippen LogP contribution in [-0.2, 0) is 0 Å². The van der Waals surface area contributed by atoms with Crippen LogP contribution in [0.1, 0.15) is 10.4 Å². The van der Waals surface area contributed by atoms with Gasteiger partial charge in [0.15, 0.2) is 0 Å². The molecule has 0 atom stereocenters. The summed E-state index contributed by atoms with van der Waals surface area (Å²) in [7, 11) is 1.36. The predicted molar refractivity (Wildman–Crippen MR) is 39.4 cm³/mol. The summed E-state index contributed by atoms with van der Waals surface area (Å²) >= 11 is 0. The van der Waals surface area contributed by atoms with Crippen LogP contribution in [0.2, 0.25) is 0 Å². The normalized spacial score (nSPS) is 9.42. The van der Waals surface area contributed by atoms with E-state index in [2.05, 4.69) is 4.74 Å². The van der Waals surface area contributed by atoms with Gasteiger partial charge in [0, 0.05) is 0 Å². The van der Waals surface area contributed by atoms with E-state index in [1.807, 2.05) is 0 Å². The molecule has 0 saturated heterocycles. The van der Waals surface area contributed by atoms with Gasteiger partial charge in [-0.1, -0.05) is 11.8 Å². The van der Waals surface area contributed by atoms with Crippen molar-refractivity contribution in [2.75, 3.05) is 7.11 Å². The average molecular weight is 167 g/mol. The Labute approximate surface area is 69.0 Å². The zero-order chi connectivity index (χ0) is 9.14. The number of hydrogen-bond acceptors (Lipinski definition) is 3. The van der Waals surface area contributed by atoms with Crippen molar-refractivity contribution >= 4 is 5.97 Å². The van der Waals surface area contributed by atoms with Gasteiger partial charge < -0.3 is 14.9 Å². The lowest BCUT2D eigenvalue weighted by molar-refractivity contribution is -0.270. The van der Waals surface area contributed by atoms with E-state index in [-0.39, 0.29) is 11.3 Å². The van der Waals surface area contributed by atoms with Gasteiger partial charge in [-0.15, -0.1) is 0 Å². The van der Waals surface area contributed by atoms with Gasteiger partial charge in [0.25, 0.3) is 0 Å². The van der Waals surface area contributed by atoms with Gasteiger partial charge in [0.2, 0.25) is 0 Å². The fourth-order valence-electron chi connectivity index (χ4n) is 0.810. The summed E-state index contributed by atoms with van der Waals surface area (Å²) in [6.07, 6.45) is 0. The van der Waals surface area contributed by atoms with E-state index in [1.165, 1.54) is 19.2 Å². The molecule has 12 heavy (non-hydrogen) atoms. The second-order valence-electron chi connectivity index (χ2n) is 2.17. The SMILES string of the molecule is COc1ccc(C(=O)O)cc1[O-]. The molecule has 0 aliphatic rings. The molecule has 1 rings (SSSR count). The molecule has 4 nitrogen and oxygen atoms in total. The molecular weight excluding hydrogens is 160 g/mol. The van der Waals surface area contributed by atoms with Gasteiger partial charge in [-0.05, 0) is 12.1 Å². The van der Waals surface area contributed by atoms with Gasteiger partial charge in [-0.2, -0.15) is 0 Å². The number of aromatic carboxylic acids is 1. The van der Waals surface area contributed by atoms with E-state index < -0.39 is 11.7 Å². The molecule has 1 N–H and O–H groups in total. The van der Waals surface area contributed by atoms with Gasteiger partial charge in [0.1, 0.15) is 5.75 Å². The maximum Gasteiger partial charge on any atom is 0.335 e. The van der Waals surface area contributed by atoms with E-state index in [0.29, 0.717) is 0 Å². The highest BCUT2D eigenvalue weighted by Crippen LogP contribution is 2.23. The van der Waals surface area contributed by atoms with E-state index in [0.717, 1.165) is 6.07 Å². The summed E-state index contributed by atoms with van der Waals surface area (Å²) in [6, 6.07) is 3.69. The largest absolute Gasteiger partial charge is 0.870 e. The highest BCUT2D eigenvalue weighted by atomic mass is 16.5. The summed E-state index contributed by atoms with van der Waals surface area (Å²) in [4.78, 5) is 10.4. The Kier molecular flexibility index (Phi) is 2.19. The van der Waals surface area contributed by atoms with Crippen molar-refractivity contribution in [3.63, 3.8) is 0 Å². The molecule has 0 saturated carbocycles. The van der Waals surface area contributed by atoms with Gasteiger partial charge in [0.05, 0.1) is 12.7 Å². The molecule has 4 heteroatoms. The quantitative estimate of drug-likeness (QED) is 0.694. The predicted octanol–water partition coefficient (Wildman–Crippen LogP) is 0.467. The van der Waals surface area contributed by atoms with Crippen molar-refractivity contribution < 1.29 is 19.7 Å². The van der Waals surface area contributed by atoms with Crippen LogP contribution in [0.5, 0.6) is 11.5 Å². The number of benzene rings is 1. The Morgan fingerprint density at radius 3 is 2.67 bits per heavy atom.